The first kappa shape index (κ1) is 14.2. The molecule has 0 aliphatic carbocycles. The maximum Gasteiger partial charge on any atom is 0.0994 e. The Morgan fingerprint density at radius 1 is 1.24 bits per heavy atom. The first-order chi connectivity index (χ1) is 7.92. The summed E-state index contributed by atoms with van der Waals surface area (Å²) in [4.78, 5) is 2.20. The van der Waals surface area contributed by atoms with Crippen molar-refractivity contribution in [2.45, 2.75) is 32.8 Å². The summed E-state index contributed by atoms with van der Waals surface area (Å²) < 4.78 is 0. The fourth-order valence-corrected chi connectivity index (χ4v) is 1.97. The number of benzene rings is 1. The van der Waals surface area contributed by atoms with E-state index in [-0.39, 0.29) is 0 Å². The van der Waals surface area contributed by atoms with Crippen LogP contribution in [-0.4, -0.2) is 30.1 Å². The second-order valence-corrected chi connectivity index (χ2v) is 5.56. The lowest BCUT2D eigenvalue weighted by molar-refractivity contribution is 0.0224. The molecule has 0 aliphatic heterocycles. The predicted molar refractivity (Wildman–Crippen MR) is 73.0 cm³/mol. The first-order valence-electron chi connectivity index (χ1n) is 6.38. The average Bonchev–Trinajstić information content (AvgIpc) is 2.27. The van der Waals surface area contributed by atoms with Gasteiger partial charge in [0.1, 0.15) is 0 Å². The molecule has 0 amide bonds. The molecule has 0 saturated heterocycles. The van der Waals surface area contributed by atoms with Gasteiger partial charge in [0.15, 0.2) is 0 Å². The van der Waals surface area contributed by atoms with Gasteiger partial charge in [-0.05, 0) is 38.4 Å². The van der Waals surface area contributed by atoms with Gasteiger partial charge in [0.25, 0.3) is 0 Å². The van der Waals surface area contributed by atoms with Gasteiger partial charge >= 0.3 is 0 Å². The van der Waals surface area contributed by atoms with E-state index >= 15 is 0 Å². The fourth-order valence-electron chi connectivity index (χ4n) is 1.97. The van der Waals surface area contributed by atoms with Crippen molar-refractivity contribution in [2.24, 2.45) is 5.92 Å². The summed E-state index contributed by atoms with van der Waals surface area (Å²) in [6.07, 6.45) is 1.17. The number of rotatable bonds is 6. The first-order valence-corrected chi connectivity index (χ1v) is 6.38. The normalized spacial score (nSPS) is 15.2. The van der Waals surface area contributed by atoms with Crippen LogP contribution >= 0.6 is 0 Å². The third-order valence-electron chi connectivity index (χ3n) is 3.06. The molecule has 0 fully saturated rings. The van der Waals surface area contributed by atoms with Crippen molar-refractivity contribution in [1.29, 1.82) is 0 Å². The van der Waals surface area contributed by atoms with E-state index in [2.05, 4.69) is 25.8 Å². The average molecular weight is 235 g/mol. The quantitative estimate of drug-likeness (QED) is 0.819. The van der Waals surface area contributed by atoms with Crippen LogP contribution in [0.4, 0.5) is 0 Å². The van der Waals surface area contributed by atoms with Crippen LogP contribution in [0.2, 0.25) is 0 Å². The topological polar surface area (TPSA) is 23.5 Å². The number of hydrogen-bond acceptors (Lipinski definition) is 2. The van der Waals surface area contributed by atoms with Crippen molar-refractivity contribution in [2.75, 3.05) is 20.1 Å². The van der Waals surface area contributed by atoms with Crippen molar-refractivity contribution in [3.63, 3.8) is 0 Å². The molecule has 96 valence electrons. The van der Waals surface area contributed by atoms with Gasteiger partial charge in [0.05, 0.1) is 5.60 Å². The third-order valence-corrected chi connectivity index (χ3v) is 3.06. The number of hydrogen-bond donors (Lipinski definition) is 1. The lowest BCUT2D eigenvalue weighted by Crippen LogP contribution is -2.37. The largest absolute Gasteiger partial charge is 0.384 e. The molecule has 1 N–H and O–H groups in total. The minimum Gasteiger partial charge on any atom is -0.384 e. The smallest absolute Gasteiger partial charge is 0.0994 e. The van der Waals surface area contributed by atoms with Crippen molar-refractivity contribution in [3.05, 3.63) is 35.9 Å². The molecule has 17 heavy (non-hydrogen) atoms. The molecule has 0 spiro atoms. The highest BCUT2D eigenvalue weighted by Crippen LogP contribution is 2.21. The maximum atomic E-state index is 10.5. The number of likely N-dealkylation sites (N-methyl/N-ethyl adjacent to an activating group) is 1. The zero-order chi connectivity index (χ0) is 12.9. The van der Waals surface area contributed by atoms with Crippen molar-refractivity contribution >= 4 is 0 Å². The Morgan fingerprint density at radius 3 is 2.35 bits per heavy atom. The van der Waals surface area contributed by atoms with E-state index in [1.165, 1.54) is 6.42 Å². The third kappa shape index (κ3) is 4.88. The Hall–Kier alpha value is -0.860. The number of nitrogens with zero attached hydrogens (tertiary/aromatic N) is 1. The molecule has 0 radical (unpaired) electrons. The molecular weight excluding hydrogens is 210 g/mol. The van der Waals surface area contributed by atoms with Crippen LogP contribution in [0.5, 0.6) is 0 Å². The maximum absolute atomic E-state index is 10.5. The van der Waals surface area contributed by atoms with Gasteiger partial charge in [0.2, 0.25) is 0 Å². The molecule has 1 unspecified atom stereocenters. The van der Waals surface area contributed by atoms with Gasteiger partial charge in [-0.2, -0.15) is 0 Å². The molecule has 0 saturated carbocycles. The van der Waals surface area contributed by atoms with E-state index in [9.17, 15) is 5.11 Å². The van der Waals surface area contributed by atoms with Gasteiger partial charge in [-0.25, -0.2) is 0 Å². The Kier molecular flexibility index (Phi) is 5.16. The van der Waals surface area contributed by atoms with Crippen molar-refractivity contribution in [3.8, 4) is 0 Å². The molecule has 2 nitrogen and oxygen atoms in total. The summed E-state index contributed by atoms with van der Waals surface area (Å²) in [6, 6.07) is 9.88. The Labute approximate surface area is 105 Å². The fraction of sp³-hybridized carbons (Fsp3) is 0.600. The predicted octanol–water partition coefficient (Wildman–Crippen LogP) is 2.87. The Morgan fingerprint density at radius 2 is 1.82 bits per heavy atom. The minimum atomic E-state index is -0.771. The highest BCUT2D eigenvalue weighted by atomic mass is 16.3. The minimum absolute atomic E-state index is 0.670. The monoisotopic (exact) mass is 235 g/mol. The standard InChI is InChI=1S/C15H25NO/c1-13(2)10-11-16(4)12-15(3,17)14-8-6-5-7-9-14/h5-9,13,17H,10-12H2,1-4H3. The van der Waals surface area contributed by atoms with Gasteiger partial charge in [-0.1, -0.05) is 44.2 Å². The SMILES string of the molecule is CC(C)CCN(C)CC(C)(O)c1ccccc1. The summed E-state index contributed by atoms with van der Waals surface area (Å²) in [5.74, 6) is 0.708. The second-order valence-electron chi connectivity index (χ2n) is 5.56. The second kappa shape index (κ2) is 6.18. The van der Waals surface area contributed by atoms with Crippen molar-refractivity contribution in [1.82, 2.24) is 4.90 Å². The molecule has 0 aromatic heterocycles. The molecule has 1 aromatic carbocycles. The van der Waals surface area contributed by atoms with E-state index in [4.69, 9.17) is 0 Å². The van der Waals surface area contributed by atoms with Crippen LogP contribution in [0.3, 0.4) is 0 Å². The highest BCUT2D eigenvalue weighted by molar-refractivity contribution is 5.21. The van der Waals surface area contributed by atoms with Crippen LogP contribution in [0.15, 0.2) is 30.3 Å². The lowest BCUT2D eigenvalue weighted by atomic mass is 9.95. The molecule has 0 bridgehead atoms. The summed E-state index contributed by atoms with van der Waals surface area (Å²) >= 11 is 0. The van der Waals surface area contributed by atoms with Crippen LogP contribution in [0.1, 0.15) is 32.8 Å². The van der Waals surface area contributed by atoms with Crippen LogP contribution in [0, 0.1) is 5.92 Å². The number of aliphatic hydroxyl groups is 1. The van der Waals surface area contributed by atoms with Gasteiger partial charge in [-0.15, -0.1) is 0 Å². The van der Waals surface area contributed by atoms with Gasteiger partial charge < -0.3 is 10.0 Å². The van der Waals surface area contributed by atoms with Crippen LogP contribution in [-0.2, 0) is 5.60 Å². The zero-order valence-corrected chi connectivity index (χ0v) is 11.5. The van der Waals surface area contributed by atoms with Crippen LogP contribution in [0.25, 0.3) is 0 Å². The summed E-state index contributed by atoms with van der Waals surface area (Å²) in [5, 5.41) is 10.5. The van der Waals surface area contributed by atoms with E-state index in [1.807, 2.05) is 37.3 Å². The Balaban J connectivity index is 2.54. The van der Waals surface area contributed by atoms with Crippen LogP contribution < -0.4 is 0 Å². The summed E-state index contributed by atoms with van der Waals surface area (Å²) in [7, 11) is 2.07. The van der Waals surface area contributed by atoms with E-state index in [1.54, 1.807) is 0 Å². The Bertz CT molecular complexity index is 319. The molecule has 2 heteroatoms. The molecule has 1 rings (SSSR count). The van der Waals surface area contributed by atoms with Crippen molar-refractivity contribution < 1.29 is 5.11 Å². The molecule has 0 aliphatic rings. The lowest BCUT2D eigenvalue weighted by Gasteiger charge is -2.30. The van der Waals surface area contributed by atoms with E-state index in [0.29, 0.717) is 12.5 Å². The highest BCUT2D eigenvalue weighted by Gasteiger charge is 2.24. The van der Waals surface area contributed by atoms with Gasteiger partial charge in [-0.3, -0.25) is 0 Å². The molecular formula is C15H25NO. The molecule has 0 heterocycles. The van der Waals surface area contributed by atoms with Gasteiger partial charge in [0, 0.05) is 6.54 Å². The summed E-state index contributed by atoms with van der Waals surface area (Å²) in [5.41, 5.74) is 0.212. The molecule has 1 atom stereocenters. The summed E-state index contributed by atoms with van der Waals surface area (Å²) in [6.45, 7) is 8.03. The van der Waals surface area contributed by atoms with E-state index < -0.39 is 5.60 Å². The zero-order valence-electron chi connectivity index (χ0n) is 11.5. The van der Waals surface area contributed by atoms with E-state index in [0.717, 1.165) is 12.1 Å². The molecule has 1 aromatic rings.